The van der Waals surface area contributed by atoms with Crippen molar-refractivity contribution in [2.24, 2.45) is 0 Å². The molecule has 0 fully saturated rings. The van der Waals surface area contributed by atoms with Gasteiger partial charge in [-0.1, -0.05) is 17.5 Å². The molecule has 2 aromatic carbocycles. The molecule has 8 heteroatoms. The second-order valence-electron chi connectivity index (χ2n) is 4.18. The Bertz CT molecular complexity index is 715. The number of aromatic carboxylic acids is 1. The molecule has 0 saturated carbocycles. The fourth-order valence-electron chi connectivity index (χ4n) is 1.68. The normalized spacial score (nSPS) is 11.5. The first-order chi connectivity index (χ1) is 10.2. The van der Waals surface area contributed by atoms with Crippen LogP contribution in [0.1, 0.15) is 15.9 Å². The van der Waals surface area contributed by atoms with Crippen LogP contribution in [0, 0.1) is 5.82 Å². The summed E-state index contributed by atoms with van der Waals surface area (Å²) in [5.41, 5.74) is -1.44. The number of carboxylic acids is 1. The van der Waals surface area contributed by atoms with Crippen molar-refractivity contribution in [2.75, 3.05) is 0 Å². The van der Waals surface area contributed by atoms with Gasteiger partial charge in [-0.25, -0.2) is 9.18 Å². The highest BCUT2D eigenvalue weighted by molar-refractivity contribution is 7.99. The summed E-state index contributed by atoms with van der Waals surface area (Å²) >= 11 is 5.57. The molecule has 0 aromatic heterocycles. The molecule has 1 N–H and O–H groups in total. The molecule has 0 atom stereocenters. The molecule has 116 valence electrons. The van der Waals surface area contributed by atoms with Crippen LogP contribution in [0.25, 0.3) is 0 Å². The molecule has 0 spiro atoms. The molecule has 0 aliphatic carbocycles. The van der Waals surface area contributed by atoms with Gasteiger partial charge in [0.15, 0.2) is 0 Å². The molecule has 2 rings (SSSR count). The number of rotatable bonds is 4. The molecule has 0 saturated heterocycles. The van der Waals surface area contributed by atoms with Gasteiger partial charge in [0, 0.05) is 9.79 Å². The molecule has 2 aromatic rings. The lowest BCUT2D eigenvalue weighted by atomic mass is 10.1. The summed E-state index contributed by atoms with van der Waals surface area (Å²) in [5.74, 6) is -3.14. The number of hydrogen-bond donors (Lipinski definition) is 1. The van der Waals surface area contributed by atoms with Gasteiger partial charge in [-0.2, -0.15) is 8.78 Å². The van der Waals surface area contributed by atoms with E-state index in [4.69, 9.17) is 16.7 Å². The van der Waals surface area contributed by atoms with Crippen LogP contribution in [-0.4, -0.2) is 11.1 Å². The first-order valence-corrected chi connectivity index (χ1v) is 6.97. The zero-order valence-corrected chi connectivity index (χ0v) is 12.2. The second-order valence-corrected chi connectivity index (χ2v) is 5.74. The van der Waals surface area contributed by atoms with Crippen molar-refractivity contribution < 1.29 is 28.2 Å². The number of carbonyl (C=O) groups is 1. The summed E-state index contributed by atoms with van der Waals surface area (Å²) in [4.78, 5) is 10.7. The quantitative estimate of drug-likeness (QED) is 0.848. The Balaban J connectivity index is 2.57. The van der Waals surface area contributed by atoms with Crippen LogP contribution >= 0.6 is 23.4 Å². The third kappa shape index (κ3) is 3.48. The predicted octanol–water partition coefficient (Wildman–Crippen LogP) is 4.04. The van der Waals surface area contributed by atoms with E-state index in [9.17, 15) is 23.1 Å². The van der Waals surface area contributed by atoms with Crippen LogP contribution in [0.3, 0.4) is 0 Å². The average Bonchev–Trinajstić information content (AvgIpc) is 2.41. The molecule has 0 aliphatic rings. The van der Waals surface area contributed by atoms with E-state index in [1.807, 2.05) is 0 Å². The topological polar surface area (TPSA) is 60.4 Å². The van der Waals surface area contributed by atoms with Gasteiger partial charge in [-0.3, -0.25) is 0 Å². The van der Waals surface area contributed by atoms with Crippen LogP contribution in [0.2, 0.25) is 0 Å². The Labute approximate surface area is 132 Å². The molecule has 3 nitrogen and oxygen atoms in total. The molecule has 0 unspecified atom stereocenters. The molecule has 0 radical (unpaired) electrons. The van der Waals surface area contributed by atoms with Crippen molar-refractivity contribution >= 4 is 29.3 Å². The zero-order valence-electron chi connectivity index (χ0n) is 10.6. The molecular weight excluding hydrogens is 341 g/mol. The first-order valence-electron chi connectivity index (χ1n) is 5.78. The summed E-state index contributed by atoms with van der Waals surface area (Å²) in [6, 6.07) is 6.32. The number of halogens is 4. The minimum absolute atomic E-state index is 0.295. The predicted molar refractivity (Wildman–Crippen MR) is 73.1 cm³/mol. The lowest BCUT2D eigenvalue weighted by Crippen LogP contribution is -2.12. The van der Waals surface area contributed by atoms with Crippen LogP contribution in [0.15, 0.2) is 46.2 Å². The van der Waals surface area contributed by atoms with E-state index < -0.39 is 38.9 Å². The van der Waals surface area contributed by atoms with E-state index in [0.29, 0.717) is 16.7 Å². The summed E-state index contributed by atoms with van der Waals surface area (Å²) in [6.07, 6.45) is 0. The third-order valence-electron chi connectivity index (χ3n) is 2.68. The van der Waals surface area contributed by atoms with Gasteiger partial charge in [0.1, 0.15) is 5.82 Å². The van der Waals surface area contributed by atoms with Crippen LogP contribution in [0.4, 0.5) is 13.2 Å². The second kappa shape index (κ2) is 6.10. The lowest BCUT2D eigenvalue weighted by Gasteiger charge is -2.22. The van der Waals surface area contributed by atoms with Gasteiger partial charge in [0.25, 0.3) is 0 Å². The third-order valence-corrected chi connectivity index (χ3v) is 4.00. The number of alkyl halides is 3. The van der Waals surface area contributed by atoms with Crippen molar-refractivity contribution in [1.82, 2.24) is 0 Å². The van der Waals surface area contributed by atoms with Crippen molar-refractivity contribution in [2.45, 2.75) is 15.2 Å². The Hall–Kier alpha value is -1.86. The number of carboxylic acid groups (broad SMARTS) is 1. The maximum absolute atomic E-state index is 13.4. The van der Waals surface area contributed by atoms with Gasteiger partial charge in [0.2, 0.25) is 0 Å². The fourth-order valence-corrected chi connectivity index (χ4v) is 2.91. The summed E-state index contributed by atoms with van der Waals surface area (Å²) in [6.45, 7) is 0. The Morgan fingerprint density at radius 2 is 1.77 bits per heavy atom. The van der Waals surface area contributed by atoms with Gasteiger partial charge in [-0.15, -0.1) is 0 Å². The Morgan fingerprint density at radius 3 is 2.27 bits per heavy atom. The Morgan fingerprint density at radius 1 is 1.18 bits per heavy atom. The van der Waals surface area contributed by atoms with E-state index in [2.05, 4.69) is 0 Å². The van der Waals surface area contributed by atoms with Gasteiger partial charge in [-0.05, 0) is 48.0 Å². The minimum atomic E-state index is -3.83. The highest BCUT2D eigenvalue weighted by atomic mass is 35.5. The highest BCUT2D eigenvalue weighted by Gasteiger charge is 2.32. The summed E-state index contributed by atoms with van der Waals surface area (Å²) in [7, 11) is 0. The molecular formula is C14H7ClF3O3S-. The van der Waals surface area contributed by atoms with E-state index in [1.54, 1.807) is 0 Å². The molecule has 0 heterocycles. The van der Waals surface area contributed by atoms with E-state index >= 15 is 0 Å². The standard InChI is InChI=1S/C14H8ClF3O3S/c15-14(17,18)10-6-5-9(13(20)21)11(19)12(10)22-8-3-1-7(16)2-4-8/h1-6,19H,(H,20,21)/p-1. The van der Waals surface area contributed by atoms with Gasteiger partial charge in [0.05, 0.1) is 11.1 Å². The summed E-state index contributed by atoms with van der Waals surface area (Å²) in [5, 5.41) is 17.2. The van der Waals surface area contributed by atoms with Crippen molar-refractivity contribution in [3.8, 4) is 5.75 Å². The minimum Gasteiger partial charge on any atom is -0.871 e. The highest BCUT2D eigenvalue weighted by Crippen LogP contribution is 2.45. The molecule has 22 heavy (non-hydrogen) atoms. The van der Waals surface area contributed by atoms with Crippen LogP contribution in [0.5, 0.6) is 5.75 Å². The van der Waals surface area contributed by atoms with Crippen LogP contribution < -0.4 is 5.11 Å². The largest absolute Gasteiger partial charge is 0.871 e. The zero-order chi connectivity index (χ0) is 16.5. The van der Waals surface area contributed by atoms with Crippen molar-refractivity contribution in [3.63, 3.8) is 0 Å². The monoisotopic (exact) mass is 347 g/mol. The maximum atomic E-state index is 13.4. The number of hydrogen-bond acceptors (Lipinski definition) is 3. The fraction of sp³-hybridized carbons (Fsp3) is 0.0714. The van der Waals surface area contributed by atoms with E-state index in [0.717, 1.165) is 24.3 Å². The lowest BCUT2D eigenvalue weighted by molar-refractivity contribution is -0.273. The number of benzene rings is 2. The van der Waals surface area contributed by atoms with Crippen LogP contribution in [-0.2, 0) is 5.38 Å². The molecule has 0 aliphatic heterocycles. The maximum Gasteiger partial charge on any atom is 0.349 e. The SMILES string of the molecule is O=C(O)c1ccc(C(F)(F)Cl)c(Sc2ccc(F)cc2)c1[O-]. The smallest absolute Gasteiger partial charge is 0.349 e. The first kappa shape index (κ1) is 16.5. The van der Waals surface area contributed by atoms with Gasteiger partial charge < -0.3 is 10.2 Å². The molecule has 0 bridgehead atoms. The average molecular weight is 348 g/mol. The van der Waals surface area contributed by atoms with E-state index in [-0.39, 0.29) is 0 Å². The van der Waals surface area contributed by atoms with E-state index in [1.165, 1.54) is 12.1 Å². The van der Waals surface area contributed by atoms with Crippen molar-refractivity contribution in [1.29, 1.82) is 0 Å². The summed E-state index contributed by atoms with van der Waals surface area (Å²) < 4.78 is 39.7. The Kier molecular flexibility index (Phi) is 4.58. The molecule has 0 amide bonds. The van der Waals surface area contributed by atoms with Gasteiger partial charge >= 0.3 is 11.4 Å². The van der Waals surface area contributed by atoms with Crippen molar-refractivity contribution in [3.05, 3.63) is 53.3 Å².